The zero-order valence-electron chi connectivity index (χ0n) is 10.6. The normalized spacial score (nSPS) is 13.6. The third-order valence-corrected chi connectivity index (χ3v) is 3.26. The molecule has 1 aromatic carbocycles. The van der Waals surface area contributed by atoms with E-state index in [4.69, 9.17) is 0 Å². The zero-order chi connectivity index (χ0) is 14.1. The largest absolute Gasteiger partial charge is 0.344 e. The molecule has 0 saturated carbocycles. The molecule has 1 aromatic heterocycles. The number of fused-ring (bicyclic) bond motifs is 1. The lowest BCUT2D eigenvalue weighted by Crippen LogP contribution is -2.14. The molecule has 0 unspecified atom stereocenters. The van der Waals surface area contributed by atoms with Gasteiger partial charge in [0, 0.05) is 30.8 Å². The Hall–Kier alpha value is -2.41. The van der Waals surface area contributed by atoms with E-state index in [1.54, 1.807) is 12.3 Å². The van der Waals surface area contributed by atoms with Gasteiger partial charge in [-0.15, -0.1) is 0 Å². The first-order chi connectivity index (χ1) is 9.63. The lowest BCUT2D eigenvalue weighted by Gasteiger charge is -2.12. The van der Waals surface area contributed by atoms with Crippen LogP contribution in [-0.2, 0) is 6.54 Å². The molecule has 0 amide bonds. The predicted molar refractivity (Wildman–Crippen MR) is 70.3 cm³/mol. The second-order valence-corrected chi connectivity index (χ2v) is 4.71. The molecule has 0 radical (unpaired) electrons. The molecule has 1 aliphatic heterocycles. The van der Waals surface area contributed by atoms with Gasteiger partial charge >= 0.3 is 0 Å². The Morgan fingerprint density at radius 2 is 2.00 bits per heavy atom. The number of hydrogen-bond acceptors (Lipinski definition) is 1. The molecule has 20 heavy (non-hydrogen) atoms. The van der Waals surface area contributed by atoms with Gasteiger partial charge in [-0.25, -0.2) is 8.78 Å². The summed E-state index contributed by atoms with van der Waals surface area (Å²) in [5.41, 5.74) is 1.46. The molecule has 0 N–H and O–H groups in total. The quantitative estimate of drug-likeness (QED) is 0.675. The van der Waals surface area contributed by atoms with E-state index in [1.807, 2.05) is 4.57 Å². The van der Waals surface area contributed by atoms with Gasteiger partial charge in [-0.3, -0.25) is 4.79 Å². The van der Waals surface area contributed by atoms with Gasteiger partial charge in [-0.2, -0.15) is 0 Å². The van der Waals surface area contributed by atoms with Gasteiger partial charge < -0.3 is 4.57 Å². The molecule has 2 aromatic rings. The van der Waals surface area contributed by atoms with Crippen molar-refractivity contribution >= 4 is 5.78 Å². The van der Waals surface area contributed by atoms with Crippen molar-refractivity contribution < 1.29 is 13.6 Å². The van der Waals surface area contributed by atoms with E-state index in [2.05, 4.69) is 11.8 Å². The summed E-state index contributed by atoms with van der Waals surface area (Å²) in [5, 5.41) is 0. The van der Waals surface area contributed by atoms with Crippen molar-refractivity contribution in [1.82, 2.24) is 4.57 Å². The van der Waals surface area contributed by atoms with E-state index in [9.17, 15) is 13.6 Å². The molecular weight excluding hydrogens is 260 g/mol. The summed E-state index contributed by atoms with van der Waals surface area (Å²) in [6.45, 7) is 0.799. The SMILES string of the molecule is O=C1CCCn2cc(C#Cc3ccc(F)cc3F)cc21. The van der Waals surface area contributed by atoms with Crippen molar-refractivity contribution in [1.29, 1.82) is 0 Å². The minimum absolute atomic E-state index is 0.109. The van der Waals surface area contributed by atoms with E-state index in [-0.39, 0.29) is 11.3 Å². The molecule has 0 aliphatic carbocycles. The maximum atomic E-state index is 13.4. The lowest BCUT2D eigenvalue weighted by molar-refractivity contribution is 0.0955. The molecule has 0 fully saturated rings. The number of benzene rings is 1. The molecule has 0 saturated heterocycles. The Labute approximate surface area is 115 Å². The molecule has 0 spiro atoms. The second kappa shape index (κ2) is 4.93. The van der Waals surface area contributed by atoms with Crippen LogP contribution in [0, 0.1) is 23.5 Å². The number of ketones is 1. The summed E-state index contributed by atoms with van der Waals surface area (Å²) in [7, 11) is 0. The van der Waals surface area contributed by atoms with Crippen LogP contribution in [0.5, 0.6) is 0 Å². The molecule has 2 nitrogen and oxygen atoms in total. The average molecular weight is 271 g/mol. The smallest absolute Gasteiger partial charge is 0.179 e. The van der Waals surface area contributed by atoms with Crippen LogP contribution in [0.2, 0.25) is 0 Å². The van der Waals surface area contributed by atoms with Crippen molar-refractivity contribution in [2.75, 3.05) is 0 Å². The average Bonchev–Trinajstić information content (AvgIpc) is 2.82. The van der Waals surface area contributed by atoms with Crippen LogP contribution < -0.4 is 0 Å². The van der Waals surface area contributed by atoms with Crippen molar-refractivity contribution in [3.63, 3.8) is 0 Å². The van der Waals surface area contributed by atoms with Gasteiger partial charge in [-0.1, -0.05) is 11.8 Å². The first-order valence-corrected chi connectivity index (χ1v) is 6.34. The molecule has 100 valence electrons. The molecule has 3 rings (SSSR count). The highest BCUT2D eigenvalue weighted by molar-refractivity contribution is 5.95. The maximum absolute atomic E-state index is 13.4. The van der Waals surface area contributed by atoms with E-state index in [1.165, 1.54) is 12.1 Å². The number of aromatic nitrogens is 1. The Balaban J connectivity index is 1.92. The molecule has 0 atom stereocenters. The minimum atomic E-state index is -0.683. The fraction of sp³-hybridized carbons (Fsp3) is 0.188. The highest BCUT2D eigenvalue weighted by Gasteiger charge is 2.17. The summed E-state index contributed by atoms with van der Waals surface area (Å²) < 4.78 is 28.1. The standard InChI is InChI=1S/C16H11F2NO/c17-13-6-5-12(14(18)9-13)4-3-11-8-15-16(20)2-1-7-19(15)10-11/h5-6,8-10H,1-2,7H2. The van der Waals surface area contributed by atoms with Crippen molar-refractivity contribution in [3.05, 3.63) is 58.9 Å². The number of aryl methyl sites for hydroxylation is 1. The highest BCUT2D eigenvalue weighted by atomic mass is 19.1. The van der Waals surface area contributed by atoms with Gasteiger partial charge in [0.05, 0.1) is 11.3 Å². The molecule has 4 heteroatoms. The number of carbonyl (C=O) groups excluding carboxylic acids is 1. The summed E-state index contributed by atoms with van der Waals surface area (Å²) >= 11 is 0. The molecule has 1 aliphatic rings. The summed E-state index contributed by atoms with van der Waals surface area (Å²) in [6, 6.07) is 4.99. The van der Waals surface area contributed by atoms with Crippen molar-refractivity contribution in [2.24, 2.45) is 0 Å². The summed E-state index contributed by atoms with van der Waals surface area (Å²) in [4.78, 5) is 11.7. The van der Waals surface area contributed by atoms with Gasteiger partial charge in [-0.05, 0) is 24.6 Å². The van der Waals surface area contributed by atoms with E-state index < -0.39 is 11.6 Å². The number of Topliss-reactive ketones (excluding diaryl/α,β-unsaturated/α-hetero) is 1. The Bertz CT molecular complexity index is 750. The van der Waals surface area contributed by atoms with Gasteiger partial charge in [0.1, 0.15) is 11.6 Å². The van der Waals surface area contributed by atoms with Gasteiger partial charge in [0.2, 0.25) is 0 Å². The van der Waals surface area contributed by atoms with Gasteiger partial charge in [0.25, 0.3) is 0 Å². The first kappa shape index (κ1) is 12.6. The van der Waals surface area contributed by atoms with E-state index >= 15 is 0 Å². The number of nitrogens with zero attached hydrogens (tertiary/aromatic N) is 1. The van der Waals surface area contributed by atoms with Crippen LogP contribution in [0.15, 0.2) is 30.5 Å². The highest BCUT2D eigenvalue weighted by Crippen LogP contribution is 2.17. The summed E-state index contributed by atoms with van der Waals surface area (Å²) in [6.07, 6.45) is 3.18. The topological polar surface area (TPSA) is 22.0 Å². The maximum Gasteiger partial charge on any atom is 0.179 e. The van der Waals surface area contributed by atoms with Crippen molar-refractivity contribution in [2.45, 2.75) is 19.4 Å². The van der Waals surface area contributed by atoms with Crippen LogP contribution in [0.3, 0.4) is 0 Å². The van der Waals surface area contributed by atoms with Crippen LogP contribution in [0.4, 0.5) is 8.78 Å². The number of hydrogen-bond donors (Lipinski definition) is 0. The van der Waals surface area contributed by atoms with Gasteiger partial charge in [0.15, 0.2) is 5.78 Å². The lowest BCUT2D eigenvalue weighted by atomic mass is 10.1. The number of rotatable bonds is 0. The first-order valence-electron chi connectivity index (χ1n) is 6.34. The Morgan fingerprint density at radius 1 is 1.15 bits per heavy atom. The van der Waals surface area contributed by atoms with Crippen LogP contribution in [0.1, 0.15) is 34.5 Å². The minimum Gasteiger partial charge on any atom is -0.344 e. The molecular formula is C16H11F2NO. The number of halogens is 2. The van der Waals surface area contributed by atoms with E-state index in [0.29, 0.717) is 17.7 Å². The molecule has 0 bridgehead atoms. The van der Waals surface area contributed by atoms with Crippen LogP contribution in [0.25, 0.3) is 0 Å². The second-order valence-electron chi connectivity index (χ2n) is 4.71. The fourth-order valence-electron chi connectivity index (χ4n) is 2.27. The van der Waals surface area contributed by atoms with Crippen LogP contribution in [-0.4, -0.2) is 10.4 Å². The van der Waals surface area contributed by atoms with Crippen molar-refractivity contribution in [3.8, 4) is 11.8 Å². The monoisotopic (exact) mass is 271 g/mol. The fourth-order valence-corrected chi connectivity index (χ4v) is 2.27. The van der Waals surface area contributed by atoms with Crippen LogP contribution >= 0.6 is 0 Å². The Morgan fingerprint density at radius 3 is 2.75 bits per heavy atom. The summed E-state index contributed by atoms with van der Waals surface area (Å²) in [5.74, 6) is 4.28. The molecule has 2 heterocycles. The Kier molecular flexibility index (Phi) is 3.11. The third kappa shape index (κ3) is 2.35. The predicted octanol–water partition coefficient (Wildman–Crippen LogP) is 3.14. The van der Waals surface area contributed by atoms with E-state index in [0.717, 1.165) is 19.0 Å². The number of carbonyl (C=O) groups is 1. The third-order valence-electron chi connectivity index (χ3n) is 3.26. The zero-order valence-corrected chi connectivity index (χ0v) is 10.6.